The maximum Gasteiger partial charge on any atom is 0.123 e. The van der Waals surface area contributed by atoms with Crippen LogP contribution in [0.15, 0.2) is 22.9 Å². The van der Waals surface area contributed by atoms with Crippen LogP contribution in [0.3, 0.4) is 0 Å². The highest BCUT2D eigenvalue weighted by Gasteiger charge is 1.97. The molecule has 1 aromatic heterocycles. The Kier molecular flexibility index (Phi) is 6.77. The maximum absolute atomic E-state index is 7.32. The summed E-state index contributed by atoms with van der Waals surface area (Å²) in [4.78, 5) is 3.98. The topological polar surface area (TPSA) is 45.9 Å². The number of ether oxygens (including phenoxy) is 1. The minimum atomic E-state index is 0.212. The molecule has 1 heterocycles. The molecule has 14 heavy (non-hydrogen) atoms. The van der Waals surface area contributed by atoms with Gasteiger partial charge >= 0.3 is 0 Å². The number of pyridine rings is 1. The molecule has 0 saturated heterocycles. The number of halogens is 1. The summed E-state index contributed by atoms with van der Waals surface area (Å²) in [6.45, 7) is 5.42. The Balaban J connectivity index is 0.000000500. The lowest BCUT2D eigenvalue weighted by Crippen LogP contribution is -2.05. The zero-order valence-electron chi connectivity index (χ0n) is 8.49. The lowest BCUT2D eigenvalue weighted by Gasteiger charge is -2.08. The smallest absolute Gasteiger partial charge is 0.123 e. The van der Waals surface area contributed by atoms with Crippen LogP contribution >= 0.6 is 15.9 Å². The van der Waals surface area contributed by atoms with Crippen molar-refractivity contribution in [2.75, 3.05) is 0 Å². The Morgan fingerprint density at radius 2 is 2.14 bits per heavy atom. The summed E-state index contributed by atoms with van der Waals surface area (Å²) in [6.07, 6.45) is 1.92. The average molecular weight is 257 g/mol. The van der Waals surface area contributed by atoms with E-state index in [1.54, 1.807) is 12.3 Å². The molecule has 0 radical (unpaired) electrons. The van der Waals surface area contributed by atoms with E-state index in [9.17, 15) is 0 Å². The summed E-state index contributed by atoms with van der Waals surface area (Å²) in [5.41, 5.74) is 0. The third kappa shape index (κ3) is 6.44. The van der Waals surface area contributed by atoms with Crippen LogP contribution in [-0.2, 0) is 0 Å². The molecule has 0 bridgehead atoms. The maximum atomic E-state index is 7.32. The molecule has 0 spiro atoms. The van der Waals surface area contributed by atoms with Crippen LogP contribution in [0.5, 0.6) is 5.75 Å². The predicted molar refractivity (Wildman–Crippen MR) is 59.0 cm³/mol. The quantitative estimate of drug-likeness (QED) is 0.764. The van der Waals surface area contributed by atoms with Crippen LogP contribution in [0.1, 0.15) is 20.8 Å². The summed E-state index contributed by atoms with van der Waals surface area (Å²) in [5.74, 6) is 0.849. The molecule has 0 unspecified atom stereocenters. The number of nitrogens with zero attached hydrogens (tertiary/aromatic N) is 2. The normalized spacial score (nSPS) is 8.57. The van der Waals surface area contributed by atoms with Crippen LogP contribution in [0.25, 0.3) is 0 Å². The first-order valence-electron chi connectivity index (χ1n) is 4.19. The number of hydrogen-bond acceptors (Lipinski definition) is 3. The summed E-state index contributed by atoms with van der Waals surface area (Å²) in [5, 5.41) is 7.32. The van der Waals surface area contributed by atoms with Gasteiger partial charge in [0.2, 0.25) is 0 Å². The van der Waals surface area contributed by atoms with Crippen molar-refractivity contribution in [2.24, 2.45) is 0 Å². The molecule has 0 aromatic carbocycles. The Bertz CT molecular complexity index is 307. The van der Waals surface area contributed by atoms with Crippen molar-refractivity contribution in [3.63, 3.8) is 0 Å². The summed E-state index contributed by atoms with van der Waals surface area (Å²) in [6, 6.07) is 5.44. The van der Waals surface area contributed by atoms with Gasteiger partial charge in [0, 0.05) is 19.2 Å². The fraction of sp³-hybridized carbons (Fsp3) is 0.400. The van der Waals surface area contributed by atoms with Gasteiger partial charge in [-0.2, -0.15) is 5.26 Å². The van der Waals surface area contributed by atoms with Crippen molar-refractivity contribution >= 4 is 15.9 Å². The summed E-state index contributed by atoms with van der Waals surface area (Å²) >= 11 is 3.26. The molecule has 0 N–H and O–H groups in total. The van der Waals surface area contributed by atoms with E-state index in [0.29, 0.717) is 0 Å². The van der Waals surface area contributed by atoms with Gasteiger partial charge in [-0.25, -0.2) is 4.98 Å². The SMILES string of the molecule is CC#N.CC(C)Oc1ccnc(Br)c1. The Hall–Kier alpha value is -1.08. The van der Waals surface area contributed by atoms with Crippen molar-refractivity contribution in [1.82, 2.24) is 4.98 Å². The monoisotopic (exact) mass is 256 g/mol. The lowest BCUT2D eigenvalue weighted by atomic mass is 10.4. The largest absolute Gasteiger partial charge is 0.491 e. The second-order valence-electron chi connectivity index (χ2n) is 2.70. The lowest BCUT2D eigenvalue weighted by molar-refractivity contribution is 0.242. The summed E-state index contributed by atoms with van der Waals surface area (Å²) < 4.78 is 6.23. The predicted octanol–water partition coefficient (Wildman–Crippen LogP) is 3.16. The highest BCUT2D eigenvalue weighted by molar-refractivity contribution is 9.10. The molecular weight excluding hydrogens is 244 g/mol. The fourth-order valence-electron chi connectivity index (χ4n) is 0.730. The molecule has 4 heteroatoms. The van der Waals surface area contributed by atoms with Crippen LogP contribution in [0, 0.1) is 11.3 Å². The first-order valence-corrected chi connectivity index (χ1v) is 4.98. The Morgan fingerprint density at radius 3 is 2.57 bits per heavy atom. The minimum Gasteiger partial charge on any atom is -0.491 e. The fourth-order valence-corrected chi connectivity index (χ4v) is 1.07. The highest BCUT2D eigenvalue weighted by atomic mass is 79.9. The van der Waals surface area contributed by atoms with Gasteiger partial charge in [0.05, 0.1) is 12.2 Å². The van der Waals surface area contributed by atoms with Gasteiger partial charge < -0.3 is 4.74 Å². The number of rotatable bonds is 2. The minimum absolute atomic E-state index is 0.212. The van der Waals surface area contributed by atoms with E-state index >= 15 is 0 Å². The molecule has 0 aliphatic rings. The zero-order chi connectivity index (χ0) is 11.0. The van der Waals surface area contributed by atoms with E-state index in [4.69, 9.17) is 10.00 Å². The molecule has 0 amide bonds. The molecule has 0 aliphatic carbocycles. The van der Waals surface area contributed by atoms with Crippen LogP contribution in [-0.4, -0.2) is 11.1 Å². The third-order valence-electron chi connectivity index (χ3n) is 1.07. The van der Waals surface area contributed by atoms with Gasteiger partial charge in [-0.15, -0.1) is 0 Å². The highest BCUT2D eigenvalue weighted by Crippen LogP contribution is 2.15. The molecule has 0 atom stereocenters. The van der Waals surface area contributed by atoms with E-state index in [-0.39, 0.29) is 6.10 Å². The molecule has 0 fully saturated rings. The average Bonchev–Trinajstić information content (AvgIpc) is 2.03. The van der Waals surface area contributed by atoms with Gasteiger partial charge in [-0.05, 0) is 35.8 Å². The first kappa shape index (κ1) is 12.9. The molecule has 0 saturated carbocycles. The van der Waals surface area contributed by atoms with Crippen molar-refractivity contribution in [3.05, 3.63) is 22.9 Å². The Labute approximate surface area is 92.9 Å². The van der Waals surface area contributed by atoms with E-state index in [0.717, 1.165) is 10.4 Å². The van der Waals surface area contributed by atoms with Gasteiger partial charge in [-0.3, -0.25) is 0 Å². The van der Waals surface area contributed by atoms with E-state index < -0.39 is 0 Å². The second kappa shape index (κ2) is 7.34. The molecule has 1 aromatic rings. The molecule has 3 nitrogen and oxygen atoms in total. The molecule has 1 rings (SSSR count). The third-order valence-corrected chi connectivity index (χ3v) is 1.50. The van der Waals surface area contributed by atoms with Crippen LogP contribution in [0.4, 0.5) is 0 Å². The van der Waals surface area contributed by atoms with Gasteiger partial charge in [-0.1, -0.05) is 0 Å². The van der Waals surface area contributed by atoms with Crippen molar-refractivity contribution in [3.8, 4) is 11.8 Å². The van der Waals surface area contributed by atoms with E-state index in [2.05, 4.69) is 20.9 Å². The molecule has 0 aliphatic heterocycles. The van der Waals surface area contributed by atoms with E-state index in [1.807, 2.05) is 26.0 Å². The second-order valence-corrected chi connectivity index (χ2v) is 3.52. The number of aromatic nitrogens is 1. The number of nitriles is 1. The first-order chi connectivity index (χ1) is 6.60. The number of hydrogen-bond donors (Lipinski definition) is 0. The zero-order valence-corrected chi connectivity index (χ0v) is 10.1. The van der Waals surface area contributed by atoms with Gasteiger partial charge in [0.25, 0.3) is 0 Å². The molecular formula is C10H13BrN2O. The van der Waals surface area contributed by atoms with Crippen molar-refractivity contribution in [2.45, 2.75) is 26.9 Å². The van der Waals surface area contributed by atoms with Crippen LogP contribution in [0.2, 0.25) is 0 Å². The summed E-state index contributed by atoms with van der Waals surface area (Å²) in [7, 11) is 0. The van der Waals surface area contributed by atoms with Crippen molar-refractivity contribution < 1.29 is 4.74 Å². The molecule has 76 valence electrons. The Morgan fingerprint density at radius 1 is 1.57 bits per heavy atom. The van der Waals surface area contributed by atoms with Gasteiger partial charge in [0.15, 0.2) is 0 Å². The van der Waals surface area contributed by atoms with Gasteiger partial charge in [0.1, 0.15) is 10.4 Å². The van der Waals surface area contributed by atoms with Crippen LogP contribution < -0.4 is 4.74 Å². The van der Waals surface area contributed by atoms with Crippen molar-refractivity contribution in [1.29, 1.82) is 5.26 Å². The standard InChI is InChI=1S/C8H10BrNO.C2H3N/c1-6(2)11-7-3-4-10-8(9)5-7;1-2-3/h3-6H,1-2H3;1H3. The van der Waals surface area contributed by atoms with E-state index in [1.165, 1.54) is 6.92 Å².